The minimum atomic E-state index is -0.809. The van der Waals surface area contributed by atoms with Gasteiger partial charge < -0.3 is 15.2 Å². The zero-order valence-corrected chi connectivity index (χ0v) is 17.8. The number of benzene rings is 3. The van der Waals surface area contributed by atoms with Gasteiger partial charge in [0.25, 0.3) is 0 Å². The van der Waals surface area contributed by atoms with E-state index in [0.717, 1.165) is 41.3 Å². The molecule has 0 amide bonds. The molecule has 0 fully saturated rings. The molecule has 0 heterocycles. The van der Waals surface area contributed by atoms with E-state index >= 15 is 0 Å². The van der Waals surface area contributed by atoms with E-state index in [4.69, 9.17) is 4.74 Å². The zero-order chi connectivity index (χ0) is 21.3. The molecule has 2 unspecified atom stereocenters. The maximum Gasteiger partial charge on any atom is 0.320 e. The first-order valence-corrected chi connectivity index (χ1v) is 10.8. The van der Waals surface area contributed by atoms with Crippen molar-refractivity contribution in [3.63, 3.8) is 0 Å². The molecule has 3 rings (SSSR count). The van der Waals surface area contributed by atoms with Crippen LogP contribution < -0.4 is 10.1 Å². The van der Waals surface area contributed by atoms with E-state index in [1.54, 1.807) is 0 Å². The number of hydrogen-bond acceptors (Lipinski definition) is 3. The number of fused-ring (bicyclic) bond motifs is 1. The van der Waals surface area contributed by atoms with E-state index < -0.39 is 12.0 Å². The van der Waals surface area contributed by atoms with E-state index in [9.17, 15) is 9.90 Å². The van der Waals surface area contributed by atoms with E-state index in [1.165, 1.54) is 5.56 Å². The number of nitrogens with one attached hydrogen (secondary N) is 1. The van der Waals surface area contributed by atoms with Crippen LogP contribution in [0.15, 0.2) is 66.7 Å². The highest BCUT2D eigenvalue weighted by Gasteiger charge is 2.15. The summed E-state index contributed by atoms with van der Waals surface area (Å²) in [5, 5.41) is 14.5. The standard InChI is InChI=1S/C26H31NO3/c1-3-5-11-25(20-9-7-6-8-10-20)30-23-15-14-21-16-19(12-13-22(21)17-23)18-27-24(4-2)26(28)29/h6-10,12-17,24-25,27H,3-5,11,18H2,1-2H3,(H,28,29). The third-order valence-corrected chi connectivity index (χ3v) is 5.40. The lowest BCUT2D eigenvalue weighted by atomic mass is 10.0. The Labute approximate surface area is 178 Å². The van der Waals surface area contributed by atoms with Gasteiger partial charge in [-0.3, -0.25) is 4.79 Å². The molecular formula is C26H31NO3. The smallest absolute Gasteiger partial charge is 0.320 e. The number of rotatable bonds is 11. The van der Waals surface area contributed by atoms with Gasteiger partial charge in [-0.05, 0) is 59.4 Å². The third kappa shape index (κ3) is 5.83. The fraction of sp³-hybridized carbons (Fsp3) is 0.346. The average molecular weight is 406 g/mol. The second kappa shape index (κ2) is 10.8. The topological polar surface area (TPSA) is 58.6 Å². The second-order valence-corrected chi connectivity index (χ2v) is 7.68. The lowest BCUT2D eigenvalue weighted by Crippen LogP contribution is -2.35. The molecule has 0 bridgehead atoms. The van der Waals surface area contributed by atoms with E-state index in [2.05, 4.69) is 60.8 Å². The first kappa shape index (κ1) is 21.8. The number of hydrogen-bond donors (Lipinski definition) is 2. The van der Waals surface area contributed by atoms with Crippen molar-refractivity contribution in [3.8, 4) is 5.75 Å². The number of ether oxygens (including phenoxy) is 1. The highest BCUT2D eigenvalue weighted by atomic mass is 16.5. The minimum absolute atomic E-state index is 0.0501. The molecule has 0 radical (unpaired) electrons. The molecule has 4 nitrogen and oxygen atoms in total. The molecule has 4 heteroatoms. The Hall–Kier alpha value is -2.85. The summed E-state index contributed by atoms with van der Waals surface area (Å²) in [5.41, 5.74) is 2.28. The van der Waals surface area contributed by atoms with Gasteiger partial charge in [0.2, 0.25) is 0 Å². The molecule has 158 valence electrons. The monoisotopic (exact) mass is 405 g/mol. The minimum Gasteiger partial charge on any atom is -0.486 e. The number of unbranched alkanes of at least 4 members (excludes halogenated alkanes) is 1. The average Bonchev–Trinajstić information content (AvgIpc) is 2.77. The molecule has 2 N–H and O–H groups in total. The SMILES string of the molecule is CCCCC(Oc1ccc2cc(CNC(CC)C(=O)O)ccc2c1)c1ccccc1. The third-order valence-electron chi connectivity index (χ3n) is 5.40. The molecule has 30 heavy (non-hydrogen) atoms. The molecule has 2 atom stereocenters. The summed E-state index contributed by atoms with van der Waals surface area (Å²) in [6.45, 7) is 4.60. The highest BCUT2D eigenvalue weighted by molar-refractivity contribution is 5.84. The van der Waals surface area contributed by atoms with Crippen LogP contribution in [-0.2, 0) is 11.3 Å². The van der Waals surface area contributed by atoms with E-state index in [-0.39, 0.29) is 6.10 Å². The number of aliphatic carboxylic acids is 1. The summed E-state index contributed by atoms with van der Waals surface area (Å²) in [6.07, 6.45) is 3.87. The summed E-state index contributed by atoms with van der Waals surface area (Å²) in [6, 6.07) is 22.3. The quantitative estimate of drug-likeness (QED) is 0.404. The lowest BCUT2D eigenvalue weighted by molar-refractivity contribution is -0.139. The van der Waals surface area contributed by atoms with Crippen LogP contribution in [0.3, 0.4) is 0 Å². The van der Waals surface area contributed by atoms with Crippen molar-refractivity contribution in [2.45, 2.75) is 58.2 Å². The first-order chi connectivity index (χ1) is 14.6. The predicted molar refractivity (Wildman–Crippen MR) is 122 cm³/mol. The highest BCUT2D eigenvalue weighted by Crippen LogP contribution is 2.29. The normalized spacial score (nSPS) is 13.1. The van der Waals surface area contributed by atoms with Crippen molar-refractivity contribution in [1.29, 1.82) is 0 Å². The van der Waals surface area contributed by atoms with Crippen LogP contribution in [0.25, 0.3) is 10.8 Å². The van der Waals surface area contributed by atoms with Crippen LogP contribution in [0.2, 0.25) is 0 Å². The second-order valence-electron chi connectivity index (χ2n) is 7.68. The molecule has 0 aliphatic heterocycles. The van der Waals surface area contributed by atoms with Crippen LogP contribution in [0.5, 0.6) is 5.75 Å². The van der Waals surface area contributed by atoms with Gasteiger partial charge in [-0.25, -0.2) is 0 Å². The van der Waals surface area contributed by atoms with Crippen LogP contribution in [0.4, 0.5) is 0 Å². The molecule has 0 aliphatic rings. The van der Waals surface area contributed by atoms with Crippen LogP contribution in [0, 0.1) is 0 Å². The maximum absolute atomic E-state index is 11.2. The van der Waals surface area contributed by atoms with E-state index in [0.29, 0.717) is 13.0 Å². The Balaban J connectivity index is 1.73. The molecule has 0 saturated heterocycles. The van der Waals surface area contributed by atoms with Crippen molar-refractivity contribution in [3.05, 3.63) is 77.9 Å². The van der Waals surface area contributed by atoms with Crippen molar-refractivity contribution < 1.29 is 14.6 Å². The van der Waals surface area contributed by atoms with E-state index in [1.807, 2.05) is 25.1 Å². The molecule has 0 aromatic heterocycles. The van der Waals surface area contributed by atoms with Gasteiger partial charge >= 0.3 is 5.97 Å². The number of carboxylic acid groups (broad SMARTS) is 1. The van der Waals surface area contributed by atoms with Gasteiger partial charge in [0.1, 0.15) is 17.9 Å². The zero-order valence-electron chi connectivity index (χ0n) is 17.8. The molecule has 3 aromatic carbocycles. The maximum atomic E-state index is 11.2. The van der Waals surface area contributed by atoms with Gasteiger partial charge in [-0.15, -0.1) is 0 Å². The van der Waals surface area contributed by atoms with Gasteiger partial charge in [-0.2, -0.15) is 0 Å². The lowest BCUT2D eigenvalue weighted by Gasteiger charge is -2.20. The van der Waals surface area contributed by atoms with Crippen molar-refractivity contribution in [1.82, 2.24) is 5.32 Å². The van der Waals surface area contributed by atoms with Gasteiger partial charge in [-0.1, -0.05) is 68.8 Å². The molecule has 3 aromatic rings. The van der Waals surface area contributed by atoms with Crippen molar-refractivity contribution in [2.24, 2.45) is 0 Å². The number of carbonyl (C=O) groups is 1. The van der Waals surface area contributed by atoms with Gasteiger partial charge in [0, 0.05) is 6.54 Å². The molecule has 0 saturated carbocycles. The summed E-state index contributed by atoms with van der Waals surface area (Å²) >= 11 is 0. The Morgan fingerprint density at radius 2 is 1.73 bits per heavy atom. The Morgan fingerprint density at radius 3 is 2.43 bits per heavy atom. The Bertz CT molecular complexity index is 955. The molecule has 0 spiro atoms. The summed E-state index contributed by atoms with van der Waals surface area (Å²) < 4.78 is 6.38. The summed E-state index contributed by atoms with van der Waals surface area (Å²) in [7, 11) is 0. The fourth-order valence-electron chi connectivity index (χ4n) is 3.62. The molecule has 0 aliphatic carbocycles. The van der Waals surface area contributed by atoms with Crippen LogP contribution >= 0.6 is 0 Å². The van der Waals surface area contributed by atoms with Crippen LogP contribution in [-0.4, -0.2) is 17.1 Å². The van der Waals surface area contributed by atoms with Crippen molar-refractivity contribution >= 4 is 16.7 Å². The first-order valence-electron chi connectivity index (χ1n) is 10.8. The van der Waals surface area contributed by atoms with Crippen molar-refractivity contribution in [2.75, 3.05) is 0 Å². The van der Waals surface area contributed by atoms with Gasteiger partial charge in [0.05, 0.1) is 0 Å². The predicted octanol–water partition coefficient (Wildman–Crippen LogP) is 6.10. The fourth-order valence-corrected chi connectivity index (χ4v) is 3.62. The van der Waals surface area contributed by atoms with Crippen LogP contribution in [0.1, 0.15) is 56.8 Å². The Morgan fingerprint density at radius 1 is 1.00 bits per heavy atom. The Kier molecular flexibility index (Phi) is 7.86. The largest absolute Gasteiger partial charge is 0.486 e. The number of carboxylic acids is 1. The molecular weight excluding hydrogens is 374 g/mol. The summed E-state index contributed by atoms with van der Waals surface area (Å²) in [5.74, 6) is 0.0615. The summed E-state index contributed by atoms with van der Waals surface area (Å²) in [4.78, 5) is 11.2. The van der Waals surface area contributed by atoms with Gasteiger partial charge in [0.15, 0.2) is 0 Å².